The number of benzene rings is 1. The lowest BCUT2D eigenvalue weighted by atomic mass is 10.3. The Kier molecular flexibility index (Phi) is 2.87. The van der Waals surface area contributed by atoms with E-state index < -0.39 is 12.1 Å². The third-order valence-corrected chi connectivity index (χ3v) is 1.77. The van der Waals surface area contributed by atoms with Gasteiger partial charge in [-0.3, -0.25) is 0 Å². The molecule has 0 saturated carbocycles. The SMILES string of the molecule is FC(F)(F)Oc1c([S])cccc1Cl. The van der Waals surface area contributed by atoms with Crippen molar-refractivity contribution in [3.63, 3.8) is 0 Å². The Hall–Kier alpha value is -0.680. The van der Waals surface area contributed by atoms with Gasteiger partial charge in [-0.15, -0.1) is 13.2 Å². The van der Waals surface area contributed by atoms with Crippen molar-refractivity contribution in [1.82, 2.24) is 0 Å². The van der Waals surface area contributed by atoms with E-state index in [-0.39, 0.29) is 9.92 Å². The Morgan fingerprint density at radius 3 is 2.38 bits per heavy atom. The van der Waals surface area contributed by atoms with E-state index in [2.05, 4.69) is 17.4 Å². The fourth-order valence-electron chi connectivity index (χ4n) is 0.704. The van der Waals surface area contributed by atoms with E-state index >= 15 is 0 Å². The highest BCUT2D eigenvalue weighted by Crippen LogP contribution is 2.35. The molecule has 0 saturated heterocycles. The molecule has 0 spiro atoms. The molecule has 1 aromatic rings. The molecule has 0 bridgehead atoms. The van der Waals surface area contributed by atoms with Crippen LogP contribution in [-0.4, -0.2) is 6.36 Å². The molecule has 0 atom stereocenters. The minimum atomic E-state index is -4.77. The summed E-state index contributed by atoms with van der Waals surface area (Å²) >= 11 is 10.0. The predicted molar refractivity (Wildman–Crippen MR) is 44.0 cm³/mol. The summed E-state index contributed by atoms with van der Waals surface area (Å²) in [5, 5.41) is -0.148. The minimum absolute atomic E-state index is 0.0650. The van der Waals surface area contributed by atoms with Gasteiger partial charge in [-0.2, -0.15) is 0 Å². The summed E-state index contributed by atoms with van der Waals surface area (Å²) in [5.74, 6) is -0.522. The Balaban J connectivity index is 3.00. The average molecular weight is 228 g/mol. The molecule has 13 heavy (non-hydrogen) atoms. The zero-order valence-corrected chi connectivity index (χ0v) is 7.63. The van der Waals surface area contributed by atoms with E-state index in [1.807, 2.05) is 0 Å². The lowest BCUT2D eigenvalue weighted by Crippen LogP contribution is -2.17. The molecule has 0 heterocycles. The van der Waals surface area contributed by atoms with Gasteiger partial charge in [0.1, 0.15) is 0 Å². The van der Waals surface area contributed by atoms with E-state index in [1.165, 1.54) is 18.2 Å². The van der Waals surface area contributed by atoms with Crippen LogP contribution in [0, 0.1) is 0 Å². The largest absolute Gasteiger partial charge is 0.573 e. The van der Waals surface area contributed by atoms with Crippen LogP contribution in [-0.2, 0) is 0 Å². The zero-order chi connectivity index (χ0) is 10.1. The van der Waals surface area contributed by atoms with Crippen molar-refractivity contribution in [2.24, 2.45) is 0 Å². The first kappa shape index (κ1) is 10.4. The van der Waals surface area contributed by atoms with Crippen molar-refractivity contribution in [3.05, 3.63) is 23.2 Å². The summed E-state index contributed by atoms with van der Waals surface area (Å²) in [6.07, 6.45) is -4.77. The summed E-state index contributed by atoms with van der Waals surface area (Å²) in [5.41, 5.74) is 0. The molecule has 0 aliphatic heterocycles. The topological polar surface area (TPSA) is 9.23 Å². The summed E-state index contributed by atoms with van der Waals surface area (Å²) in [6.45, 7) is 0. The molecule has 1 rings (SSSR count). The summed E-state index contributed by atoms with van der Waals surface area (Å²) in [6, 6.07) is 4.04. The second kappa shape index (κ2) is 3.59. The summed E-state index contributed by atoms with van der Waals surface area (Å²) in [4.78, 5) is -0.0650. The standard InChI is InChI=1S/C7H3ClF3OS/c8-4-2-1-3-5(13)6(4)12-7(9,10)11/h1-3H. The Morgan fingerprint density at radius 2 is 1.92 bits per heavy atom. The van der Waals surface area contributed by atoms with Crippen LogP contribution < -0.4 is 4.74 Å². The molecule has 0 amide bonds. The maximum atomic E-state index is 11.8. The number of alkyl halides is 3. The molecule has 1 nitrogen and oxygen atoms in total. The first-order valence-electron chi connectivity index (χ1n) is 3.11. The van der Waals surface area contributed by atoms with Gasteiger partial charge < -0.3 is 4.74 Å². The normalized spacial score (nSPS) is 11.4. The molecule has 71 valence electrons. The Bertz CT molecular complexity index is 293. The molecular weight excluding hydrogens is 225 g/mol. The number of hydrogen-bond donors (Lipinski definition) is 0. The van der Waals surface area contributed by atoms with Crippen LogP contribution in [0.1, 0.15) is 0 Å². The van der Waals surface area contributed by atoms with E-state index in [9.17, 15) is 13.2 Å². The molecule has 6 heteroatoms. The van der Waals surface area contributed by atoms with Crippen molar-refractivity contribution in [2.45, 2.75) is 11.3 Å². The van der Waals surface area contributed by atoms with Crippen LogP contribution >= 0.6 is 24.2 Å². The molecule has 0 aromatic heterocycles. The molecule has 1 radical (unpaired) electrons. The van der Waals surface area contributed by atoms with Gasteiger partial charge in [0.05, 0.1) is 9.92 Å². The lowest BCUT2D eigenvalue weighted by molar-refractivity contribution is -0.275. The van der Waals surface area contributed by atoms with Gasteiger partial charge in [0.2, 0.25) is 0 Å². The Morgan fingerprint density at radius 1 is 1.31 bits per heavy atom. The van der Waals surface area contributed by atoms with Crippen LogP contribution in [0.25, 0.3) is 0 Å². The minimum Gasteiger partial charge on any atom is -0.403 e. The van der Waals surface area contributed by atoms with Gasteiger partial charge in [-0.25, -0.2) is 0 Å². The highest BCUT2D eigenvalue weighted by molar-refractivity contribution is 7.80. The molecule has 0 N–H and O–H groups in total. The van der Waals surface area contributed by atoms with Crippen LogP contribution in [0.2, 0.25) is 5.02 Å². The molecule has 0 unspecified atom stereocenters. The maximum Gasteiger partial charge on any atom is 0.573 e. The van der Waals surface area contributed by atoms with Crippen LogP contribution in [0.4, 0.5) is 13.2 Å². The first-order chi connectivity index (χ1) is 5.90. The third-order valence-electron chi connectivity index (χ3n) is 1.15. The van der Waals surface area contributed by atoms with Crippen molar-refractivity contribution in [3.8, 4) is 5.75 Å². The smallest absolute Gasteiger partial charge is 0.403 e. The summed E-state index contributed by atoms with van der Waals surface area (Å²) in [7, 11) is 0. The molecule has 1 aromatic carbocycles. The van der Waals surface area contributed by atoms with Crippen molar-refractivity contribution in [2.75, 3.05) is 0 Å². The molecule has 0 aliphatic rings. The lowest BCUT2D eigenvalue weighted by Gasteiger charge is -2.11. The number of hydrogen-bond acceptors (Lipinski definition) is 1. The molecular formula is C7H3ClF3OS. The Labute approximate surface area is 82.9 Å². The highest BCUT2D eigenvalue weighted by Gasteiger charge is 2.32. The van der Waals surface area contributed by atoms with E-state index in [0.717, 1.165) is 0 Å². The first-order valence-corrected chi connectivity index (χ1v) is 3.90. The number of halogens is 4. The van der Waals surface area contributed by atoms with Gasteiger partial charge >= 0.3 is 6.36 Å². The molecule has 0 fully saturated rings. The number of para-hydroxylation sites is 1. The summed E-state index contributed by atoms with van der Waals surface area (Å²) < 4.78 is 38.9. The number of ether oxygens (including phenoxy) is 1. The quantitative estimate of drug-likeness (QED) is 0.709. The van der Waals surface area contributed by atoms with Crippen molar-refractivity contribution >= 4 is 24.2 Å². The fourth-order valence-corrected chi connectivity index (χ4v) is 1.20. The maximum absolute atomic E-state index is 11.8. The van der Waals surface area contributed by atoms with Crippen molar-refractivity contribution in [1.29, 1.82) is 0 Å². The van der Waals surface area contributed by atoms with Crippen molar-refractivity contribution < 1.29 is 17.9 Å². The van der Waals surface area contributed by atoms with Crippen LogP contribution in [0.3, 0.4) is 0 Å². The van der Waals surface area contributed by atoms with E-state index in [0.29, 0.717) is 0 Å². The van der Waals surface area contributed by atoms with Crippen LogP contribution in [0.5, 0.6) is 5.75 Å². The predicted octanol–water partition coefficient (Wildman–Crippen LogP) is 3.80. The van der Waals surface area contributed by atoms with Gasteiger partial charge in [0.25, 0.3) is 0 Å². The zero-order valence-electron chi connectivity index (χ0n) is 6.06. The molecule has 0 aliphatic carbocycles. The van der Waals surface area contributed by atoms with Gasteiger partial charge in [0.15, 0.2) is 5.75 Å². The average Bonchev–Trinajstić information content (AvgIpc) is 1.95. The van der Waals surface area contributed by atoms with Gasteiger partial charge in [-0.1, -0.05) is 30.3 Å². The van der Waals surface area contributed by atoms with E-state index in [4.69, 9.17) is 11.6 Å². The second-order valence-electron chi connectivity index (χ2n) is 2.11. The fraction of sp³-hybridized carbons (Fsp3) is 0.143. The van der Waals surface area contributed by atoms with Gasteiger partial charge in [-0.05, 0) is 12.1 Å². The monoisotopic (exact) mass is 227 g/mol. The third kappa shape index (κ3) is 2.93. The van der Waals surface area contributed by atoms with Crippen LogP contribution in [0.15, 0.2) is 23.1 Å². The van der Waals surface area contributed by atoms with Gasteiger partial charge in [0, 0.05) is 0 Å². The number of rotatable bonds is 1. The highest BCUT2D eigenvalue weighted by atomic mass is 35.5. The second-order valence-corrected chi connectivity index (χ2v) is 2.96. The van der Waals surface area contributed by atoms with E-state index in [1.54, 1.807) is 0 Å².